The Morgan fingerprint density at radius 3 is 2.30 bits per heavy atom. The van der Waals surface area contributed by atoms with Crippen LogP contribution in [-0.4, -0.2) is 54.4 Å². The van der Waals surface area contributed by atoms with Crippen molar-refractivity contribution in [3.63, 3.8) is 0 Å². The molecule has 0 aromatic heterocycles. The van der Waals surface area contributed by atoms with Crippen molar-refractivity contribution in [3.8, 4) is 0 Å². The standard InChI is InChI=1S/C18H34NO2S.BrH/c1-8-19(9-2)14(20)12-22(7)15-13-10-11-18(5,16(15)21-6)17(13,3)4;/h13,15-16H,8-12H2,1-7H3;1H/q+1;/p-1/t13-,15-,16-,18+,22?;/m1./s1. The normalized spacial score (nSPS) is 35.7. The molecule has 2 rings (SSSR count). The van der Waals surface area contributed by atoms with Gasteiger partial charge in [0.1, 0.15) is 11.4 Å². The van der Waals surface area contributed by atoms with Crippen LogP contribution in [-0.2, 0) is 20.4 Å². The molecule has 0 aromatic rings. The minimum Gasteiger partial charge on any atom is -1.00 e. The first-order valence-corrected chi connectivity index (χ1v) is 10.5. The fourth-order valence-corrected chi connectivity index (χ4v) is 7.70. The van der Waals surface area contributed by atoms with Crippen LogP contribution in [0.15, 0.2) is 0 Å². The van der Waals surface area contributed by atoms with E-state index in [9.17, 15) is 4.79 Å². The highest BCUT2D eigenvalue weighted by atomic mass is 79.9. The molecule has 0 saturated heterocycles. The third-order valence-electron chi connectivity index (χ3n) is 6.88. The van der Waals surface area contributed by atoms with Gasteiger partial charge in [0, 0.05) is 31.5 Å². The average Bonchev–Trinajstić information content (AvgIpc) is 2.78. The first kappa shape index (κ1) is 21.3. The number of ether oxygens (including phenoxy) is 1. The number of fused-ring (bicyclic) bond motifs is 2. The molecule has 1 unspecified atom stereocenters. The zero-order chi connectivity index (χ0) is 16.7. The summed E-state index contributed by atoms with van der Waals surface area (Å²) in [5, 5.41) is 0.540. The lowest BCUT2D eigenvalue weighted by atomic mass is 9.70. The van der Waals surface area contributed by atoms with Crippen molar-refractivity contribution in [3.05, 3.63) is 0 Å². The molecule has 0 heterocycles. The number of amides is 1. The molecule has 2 aliphatic rings. The Kier molecular flexibility index (Phi) is 7.09. The van der Waals surface area contributed by atoms with Crippen LogP contribution in [0.4, 0.5) is 0 Å². The molecule has 2 bridgehead atoms. The summed E-state index contributed by atoms with van der Waals surface area (Å²) in [5.41, 5.74) is 0.578. The number of methoxy groups -OCH3 is 1. The van der Waals surface area contributed by atoms with Crippen molar-refractivity contribution in [2.24, 2.45) is 16.7 Å². The van der Waals surface area contributed by atoms with Crippen molar-refractivity contribution in [1.29, 1.82) is 0 Å². The van der Waals surface area contributed by atoms with Crippen LogP contribution in [0, 0.1) is 16.7 Å². The van der Waals surface area contributed by atoms with Crippen LogP contribution < -0.4 is 17.0 Å². The number of carbonyl (C=O) groups is 1. The molecular formula is C18H34BrNO2S. The first-order chi connectivity index (χ1) is 10.2. The summed E-state index contributed by atoms with van der Waals surface area (Å²) in [6.45, 7) is 13.0. The molecule has 5 atom stereocenters. The topological polar surface area (TPSA) is 29.5 Å². The summed E-state index contributed by atoms with van der Waals surface area (Å²) in [4.78, 5) is 14.5. The van der Waals surface area contributed by atoms with Gasteiger partial charge in [-0.1, -0.05) is 20.8 Å². The zero-order valence-electron chi connectivity index (χ0n) is 15.8. The van der Waals surface area contributed by atoms with Gasteiger partial charge in [-0.2, -0.15) is 0 Å². The van der Waals surface area contributed by atoms with Crippen LogP contribution in [0.3, 0.4) is 0 Å². The zero-order valence-corrected chi connectivity index (χ0v) is 18.2. The van der Waals surface area contributed by atoms with Gasteiger partial charge in [0.05, 0.1) is 6.26 Å². The van der Waals surface area contributed by atoms with Crippen LogP contribution in [0.25, 0.3) is 0 Å². The van der Waals surface area contributed by atoms with Crippen LogP contribution in [0.1, 0.15) is 47.5 Å². The molecule has 23 heavy (non-hydrogen) atoms. The number of carbonyl (C=O) groups excluding carboxylic acids is 1. The molecule has 5 heteroatoms. The van der Waals surface area contributed by atoms with E-state index in [1.807, 2.05) is 12.0 Å². The second kappa shape index (κ2) is 7.65. The maximum Gasteiger partial charge on any atom is 0.272 e. The van der Waals surface area contributed by atoms with Gasteiger partial charge in [-0.15, -0.1) is 0 Å². The van der Waals surface area contributed by atoms with E-state index in [4.69, 9.17) is 4.74 Å². The number of hydrogen-bond donors (Lipinski definition) is 0. The highest BCUT2D eigenvalue weighted by molar-refractivity contribution is 7.97. The van der Waals surface area contributed by atoms with Gasteiger partial charge in [0.2, 0.25) is 0 Å². The molecule has 3 nitrogen and oxygen atoms in total. The van der Waals surface area contributed by atoms with Crippen molar-refractivity contribution in [2.75, 3.05) is 32.2 Å². The monoisotopic (exact) mass is 407 g/mol. The predicted octanol–water partition coefficient (Wildman–Crippen LogP) is -0.0534. The fraction of sp³-hybridized carbons (Fsp3) is 0.944. The van der Waals surface area contributed by atoms with E-state index >= 15 is 0 Å². The summed E-state index contributed by atoms with van der Waals surface area (Å²) < 4.78 is 5.99. The van der Waals surface area contributed by atoms with E-state index in [2.05, 4.69) is 40.9 Å². The number of rotatable bonds is 6. The predicted molar refractivity (Wildman–Crippen MR) is 95.3 cm³/mol. The van der Waals surface area contributed by atoms with Crippen molar-refractivity contribution >= 4 is 16.8 Å². The Morgan fingerprint density at radius 1 is 1.26 bits per heavy atom. The third-order valence-corrected chi connectivity index (χ3v) is 9.09. The lowest BCUT2D eigenvalue weighted by molar-refractivity contribution is -0.128. The molecule has 2 aliphatic carbocycles. The van der Waals surface area contributed by atoms with E-state index in [-0.39, 0.29) is 33.3 Å². The van der Waals surface area contributed by atoms with Crippen LogP contribution >= 0.6 is 0 Å². The Balaban J connectivity index is 0.00000264. The second-order valence-corrected chi connectivity index (χ2v) is 10.0. The van der Waals surface area contributed by atoms with E-state index in [0.29, 0.717) is 34.3 Å². The second-order valence-electron chi connectivity index (χ2n) is 7.81. The quantitative estimate of drug-likeness (QED) is 0.577. The SMILES string of the molecule is CCN(CC)C(=O)C[S+](C)[C@@H]1[C@H]2CC[C@@](C)([C@@H]1OC)C2(C)C.[Br-]. The van der Waals surface area contributed by atoms with E-state index < -0.39 is 0 Å². The van der Waals surface area contributed by atoms with Gasteiger partial charge >= 0.3 is 0 Å². The minimum atomic E-state index is 0. The van der Waals surface area contributed by atoms with Crippen LogP contribution in [0.2, 0.25) is 0 Å². The van der Waals surface area contributed by atoms with Gasteiger partial charge in [0.15, 0.2) is 5.75 Å². The maximum atomic E-state index is 12.5. The third kappa shape index (κ3) is 3.22. The Labute approximate surface area is 156 Å². The molecule has 136 valence electrons. The number of hydrogen-bond acceptors (Lipinski definition) is 2. The van der Waals surface area contributed by atoms with E-state index in [1.165, 1.54) is 12.8 Å². The number of halogens is 1. The molecule has 2 fully saturated rings. The Hall–Kier alpha value is 0.260. The summed E-state index contributed by atoms with van der Waals surface area (Å²) in [6, 6.07) is 0. The van der Waals surface area contributed by atoms with Gasteiger partial charge in [-0.25, -0.2) is 0 Å². The molecule has 0 aliphatic heterocycles. The summed E-state index contributed by atoms with van der Waals surface area (Å²) in [6.07, 6.45) is 5.16. The average molecular weight is 408 g/mol. The fourth-order valence-electron chi connectivity index (χ4n) is 5.06. The van der Waals surface area contributed by atoms with Crippen molar-refractivity contribution < 1.29 is 26.5 Å². The largest absolute Gasteiger partial charge is 1.00 e. The van der Waals surface area contributed by atoms with Gasteiger partial charge < -0.3 is 26.6 Å². The molecule has 0 radical (unpaired) electrons. The highest BCUT2D eigenvalue weighted by Crippen LogP contribution is 2.67. The molecule has 0 aromatic carbocycles. The van der Waals surface area contributed by atoms with Crippen molar-refractivity contribution in [2.45, 2.75) is 58.8 Å². The smallest absolute Gasteiger partial charge is 0.272 e. The first-order valence-electron chi connectivity index (χ1n) is 8.66. The Bertz CT molecular complexity index is 427. The van der Waals surface area contributed by atoms with Crippen molar-refractivity contribution in [1.82, 2.24) is 4.90 Å². The Morgan fingerprint density at radius 2 is 1.83 bits per heavy atom. The summed E-state index contributed by atoms with van der Waals surface area (Å²) in [7, 11) is 1.95. The van der Waals surface area contributed by atoms with Gasteiger partial charge in [-0.3, -0.25) is 4.79 Å². The lowest BCUT2D eigenvalue weighted by Gasteiger charge is -2.38. The summed E-state index contributed by atoms with van der Waals surface area (Å²) in [5.74, 6) is 1.70. The molecule has 2 saturated carbocycles. The lowest BCUT2D eigenvalue weighted by Crippen LogP contribution is -3.00. The summed E-state index contributed by atoms with van der Waals surface area (Å²) >= 11 is 0. The molecule has 0 N–H and O–H groups in total. The minimum absolute atomic E-state index is 0. The highest BCUT2D eigenvalue weighted by Gasteiger charge is 2.70. The number of nitrogens with zero attached hydrogens (tertiary/aromatic N) is 1. The van der Waals surface area contributed by atoms with Crippen LogP contribution in [0.5, 0.6) is 0 Å². The molecular weight excluding hydrogens is 374 g/mol. The van der Waals surface area contributed by atoms with E-state index in [0.717, 1.165) is 13.1 Å². The molecule has 1 amide bonds. The maximum absolute atomic E-state index is 12.5. The van der Waals surface area contributed by atoms with Gasteiger partial charge in [0.25, 0.3) is 5.91 Å². The molecule has 0 spiro atoms. The van der Waals surface area contributed by atoms with Gasteiger partial charge in [-0.05, 0) is 43.0 Å². The van der Waals surface area contributed by atoms with E-state index in [1.54, 1.807) is 0 Å².